The van der Waals surface area contributed by atoms with Crippen LogP contribution in [-0.2, 0) is 6.54 Å². The van der Waals surface area contributed by atoms with Crippen molar-refractivity contribution in [3.8, 4) is 0 Å². The first-order valence-electron chi connectivity index (χ1n) is 5.40. The van der Waals surface area contributed by atoms with Gasteiger partial charge in [0.15, 0.2) is 0 Å². The fraction of sp³-hybridized carbons (Fsp3) is 0.333. The van der Waals surface area contributed by atoms with E-state index in [0.29, 0.717) is 12.6 Å². The van der Waals surface area contributed by atoms with Gasteiger partial charge in [-0.25, -0.2) is 4.98 Å². The molecule has 1 unspecified atom stereocenters. The predicted octanol–water partition coefficient (Wildman–Crippen LogP) is 1.96. The highest BCUT2D eigenvalue weighted by atomic mass is 15.2. The SMILES string of the molecule is Cc1ccc(C(C)NCc2ncn[nH]2)cc1. The van der Waals surface area contributed by atoms with Crippen LogP contribution in [0.1, 0.15) is 29.9 Å². The Hall–Kier alpha value is -1.68. The van der Waals surface area contributed by atoms with Crippen molar-refractivity contribution in [2.24, 2.45) is 0 Å². The van der Waals surface area contributed by atoms with Crippen LogP contribution in [0.15, 0.2) is 30.6 Å². The van der Waals surface area contributed by atoms with Gasteiger partial charge >= 0.3 is 0 Å². The van der Waals surface area contributed by atoms with Crippen molar-refractivity contribution in [3.05, 3.63) is 47.5 Å². The molecule has 1 heterocycles. The molecule has 0 aliphatic rings. The maximum Gasteiger partial charge on any atom is 0.138 e. The van der Waals surface area contributed by atoms with E-state index in [4.69, 9.17) is 0 Å². The summed E-state index contributed by atoms with van der Waals surface area (Å²) in [5.74, 6) is 0.860. The van der Waals surface area contributed by atoms with Crippen molar-refractivity contribution in [2.45, 2.75) is 26.4 Å². The van der Waals surface area contributed by atoms with Crippen molar-refractivity contribution >= 4 is 0 Å². The first kappa shape index (κ1) is 10.8. The Morgan fingerprint density at radius 3 is 2.69 bits per heavy atom. The Labute approximate surface area is 95.1 Å². The van der Waals surface area contributed by atoms with Gasteiger partial charge in [0.05, 0.1) is 6.54 Å². The molecule has 16 heavy (non-hydrogen) atoms. The van der Waals surface area contributed by atoms with Crippen LogP contribution in [0, 0.1) is 6.92 Å². The van der Waals surface area contributed by atoms with Crippen LogP contribution in [-0.4, -0.2) is 15.2 Å². The summed E-state index contributed by atoms with van der Waals surface area (Å²) in [4.78, 5) is 4.07. The average molecular weight is 216 g/mol. The molecule has 0 aliphatic heterocycles. The van der Waals surface area contributed by atoms with Gasteiger partial charge < -0.3 is 5.32 Å². The Bertz CT molecular complexity index is 419. The normalized spacial score (nSPS) is 12.6. The maximum absolute atomic E-state index is 4.07. The largest absolute Gasteiger partial charge is 0.303 e. The molecule has 1 aromatic heterocycles. The number of hydrogen-bond acceptors (Lipinski definition) is 3. The van der Waals surface area contributed by atoms with Gasteiger partial charge in [0.25, 0.3) is 0 Å². The summed E-state index contributed by atoms with van der Waals surface area (Å²) < 4.78 is 0. The Morgan fingerprint density at radius 1 is 1.31 bits per heavy atom. The van der Waals surface area contributed by atoms with Crippen LogP contribution >= 0.6 is 0 Å². The molecule has 2 rings (SSSR count). The minimum absolute atomic E-state index is 0.311. The van der Waals surface area contributed by atoms with Crippen LogP contribution in [0.25, 0.3) is 0 Å². The van der Waals surface area contributed by atoms with E-state index in [1.54, 1.807) is 0 Å². The van der Waals surface area contributed by atoms with Gasteiger partial charge in [-0.05, 0) is 19.4 Å². The lowest BCUT2D eigenvalue weighted by Gasteiger charge is -2.13. The van der Waals surface area contributed by atoms with E-state index in [2.05, 4.69) is 58.6 Å². The Kier molecular flexibility index (Phi) is 3.31. The predicted molar refractivity (Wildman–Crippen MR) is 62.8 cm³/mol. The Balaban J connectivity index is 1.93. The molecule has 0 saturated carbocycles. The number of hydrogen-bond donors (Lipinski definition) is 2. The number of aromatic nitrogens is 3. The number of nitrogens with one attached hydrogen (secondary N) is 2. The van der Waals surface area contributed by atoms with E-state index < -0.39 is 0 Å². The standard InChI is InChI=1S/C12H16N4/c1-9-3-5-11(6-4-9)10(2)13-7-12-14-8-15-16-12/h3-6,8,10,13H,7H2,1-2H3,(H,14,15,16). The van der Waals surface area contributed by atoms with Crippen LogP contribution in [0.2, 0.25) is 0 Å². The molecule has 0 fully saturated rings. The minimum Gasteiger partial charge on any atom is -0.303 e. The van der Waals surface area contributed by atoms with Crippen molar-refractivity contribution in [3.63, 3.8) is 0 Å². The first-order chi connectivity index (χ1) is 7.75. The summed E-state index contributed by atoms with van der Waals surface area (Å²) in [6.45, 7) is 4.94. The molecule has 0 saturated heterocycles. The van der Waals surface area contributed by atoms with Gasteiger partial charge in [0.2, 0.25) is 0 Å². The van der Waals surface area contributed by atoms with Crippen LogP contribution in [0.4, 0.5) is 0 Å². The Morgan fingerprint density at radius 2 is 2.06 bits per heavy atom. The smallest absolute Gasteiger partial charge is 0.138 e. The summed E-state index contributed by atoms with van der Waals surface area (Å²) in [6.07, 6.45) is 1.52. The van der Waals surface area contributed by atoms with Gasteiger partial charge in [-0.1, -0.05) is 29.8 Å². The van der Waals surface area contributed by atoms with Crippen LogP contribution < -0.4 is 5.32 Å². The molecule has 84 valence electrons. The van der Waals surface area contributed by atoms with Gasteiger partial charge in [-0.15, -0.1) is 0 Å². The summed E-state index contributed by atoms with van der Waals surface area (Å²) in [5, 5.41) is 10.0. The summed E-state index contributed by atoms with van der Waals surface area (Å²) in [7, 11) is 0. The number of aryl methyl sites for hydroxylation is 1. The topological polar surface area (TPSA) is 53.6 Å². The van der Waals surface area contributed by atoms with Gasteiger partial charge in [-0.2, -0.15) is 5.10 Å². The molecule has 4 nitrogen and oxygen atoms in total. The molecule has 0 aliphatic carbocycles. The minimum atomic E-state index is 0.311. The van der Waals surface area contributed by atoms with Crippen LogP contribution in [0.3, 0.4) is 0 Å². The number of aromatic amines is 1. The number of benzene rings is 1. The van der Waals surface area contributed by atoms with E-state index in [1.165, 1.54) is 17.5 Å². The number of rotatable bonds is 4. The van der Waals surface area contributed by atoms with Crippen LogP contribution in [0.5, 0.6) is 0 Å². The lowest BCUT2D eigenvalue weighted by molar-refractivity contribution is 0.560. The number of H-pyrrole nitrogens is 1. The summed E-state index contributed by atoms with van der Waals surface area (Å²) >= 11 is 0. The third-order valence-electron chi connectivity index (χ3n) is 2.62. The zero-order valence-corrected chi connectivity index (χ0v) is 9.57. The lowest BCUT2D eigenvalue weighted by atomic mass is 10.1. The highest BCUT2D eigenvalue weighted by Crippen LogP contribution is 2.13. The molecule has 2 N–H and O–H groups in total. The summed E-state index contributed by atoms with van der Waals surface area (Å²) in [6, 6.07) is 8.86. The second-order valence-electron chi connectivity index (χ2n) is 3.95. The van der Waals surface area contributed by atoms with Crippen molar-refractivity contribution in [1.29, 1.82) is 0 Å². The summed E-state index contributed by atoms with van der Waals surface area (Å²) in [5.41, 5.74) is 2.57. The van der Waals surface area contributed by atoms with E-state index in [1.807, 2.05) is 0 Å². The lowest BCUT2D eigenvalue weighted by Crippen LogP contribution is -2.18. The average Bonchev–Trinajstić information content (AvgIpc) is 2.80. The molecule has 0 spiro atoms. The molecule has 1 atom stereocenters. The van der Waals surface area contributed by atoms with Crippen molar-refractivity contribution < 1.29 is 0 Å². The quantitative estimate of drug-likeness (QED) is 0.821. The van der Waals surface area contributed by atoms with Crippen molar-refractivity contribution in [2.75, 3.05) is 0 Å². The van der Waals surface area contributed by atoms with E-state index in [-0.39, 0.29) is 0 Å². The van der Waals surface area contributed by atoms with E-state index >= 15 is 0 Å². The van der Waals surface area contributed by atoms with E-state index in [9.17, 15) is 0 Å². The highest BCUT2D eigenvalue weighted by Gasteiger charge is 2.04. The fourth-order valence-corrected chi connectivity index (χ4v) is 1.54. The zero-order valence-electron chi connectivity index (χ0n) is 9.57. The molecular weight excluding hydrogens is 200 g/mol. The van der Waals surface area contributed by atoms with Gasteiger partial charge in [0, 0.05) is 6.04 Å². The zero-order chi connectivity index (χ0) is 11.4. The highest BCUT2D eigenvalue weighted by molar-refractivity contribution is 5.23. The molecule has 2 aromatic rings. The molecule has 4 heteroatoms. The molecule has 0 amide bonds. The molecule has 1 aromatic carbocycles. The maximum atomic E-state index is 4.07. The third-order valence-corrected chi connectivity index (χ3v) is 2.62. The first-order valence-corrected chi connectivity index (χ1v) is 5.40. The second-order valence-corrected chi connectivity index (χ2v) is 3.95. The fourth-order valence-electron chi connectivity index (χ4n) is 1.54. The van der Waals surface area contributed by atoms with Gasteiger partial charge in [0.1, 0.15) is 12.2 Å². The molecular formula is C12H16N4. The number of nitrogens with zero attached hydrogens (tertiary/aromatic N) is 2. The second kappa shape index (κ2) is 4.90. The third kappa shape index (κ3) is 2.67. The van der Waals surface area contributed by atoms with Gasteiger partial charge in [-0.3, -0.25) is 5.10 Å². The van der Waals surface area contributed by atoms with E-state index in [0.717, 1.165) is 5.82 Å². The molecule has 0 bridgehead atoms. The van der Waals surface area contributed by atoms with Crippen molar-refractivity contribution in [1.82, 2.24) is 20.5 Å². The monoisotopic (exact) mass is 216 g/mol. The molecule has 0 radical (unpaired) electrons.